The number of aliphatic hydroxyl groups excluding tert-OH is 15. The standard InChI is InChI=1S/C31H53NO25/c1-7(38)32-13-16(42)23(11(5-36)51-28(13)57-26-15(41)10(4-35)49-27(26)48)54-31-21(47)25(22(53-31)8(39)2-33)56-30-20(46)18(44)24(12(6-37)52-30)55-29-19(45)17(43)14(40)9(3-34)50-29/h8-31,33-37,39-48H,2-6H2,1H3,(H,32,38)/t8-,9-,10-,11-,12-,13-,14+,15-,16-,17+,18-,19-,20-,21-,22+,23-,24-,25-,26-,27?,28+,29+,30+,31+/m1/s1. The van der Waals surface area contributed by atoms with Gasteiger partial charge in [0.15, 0.2) is 31.5 Å². The molecule has 0 bridgehead atoms. The van der Waals surface area contributed by atoms with E-state index in [1.54, 1.807) is 0 Å². The second kappa shape index (κ2) is 19.9. The molecule has 24 atom stereocenters. The third-order valence-corrected chi connectivity index (χ3v) is 10.3. The fourth-order valence-corrected chi connectivity index (χ4v) is 7.23. The zero-order chi connectivity index (χ0) is 42.0. The van der Waals surface area contributed by atoms with E-state index in [4.69, 9.17) is 42.6 Å². The molecule has 332 valence electrons. The summed E-state index contributed by atoms with van der Waals surface area (Å²) in [4.78, 5) is 12.2. The van der Waals surface area contributed by atoms with Gasteiger partial charge in [0, 0.05) is 6.92 Å². The molecule has 0 aromatic carbocycles. The molecule has 0 aromatic rings. The molecule has 57 heavy (non-hydrogen) atoms. The molecule has 0 saturated carbocycles. The van der Waals surface area contributed by atoms with Crippen LogP contribution in [0.15, 0.2) is 0 Å². The number of amides is 1. The number of carbonyl (C=O) groups is 1. The van der Waals surface area contributed by atoms with E-state index in [2.05, 4.69) is 5.32 Å². The first-order chi connectivity index (χ1) is 27.0. The van der Waals surface area contributed by atoms with Crippen LogP contribution in [0.5, 0.6) is 0 Å². The van der Waals surface area contributed by atoms with Crippen molar-refractivity contribution >= 4 is 5.91 Å². The van der Waals surface area contributed by atoms with E-state index in [0.717, 1.165) is 6.92 Å². The van der Waals surface area contributed by atoms with Crippen LogP contribution in [0, 0.1) is 0 Å². The van der Waals surface area contributed by atoms with E-state index in [-0.39, 0.29) is 0 Å². The summed E-state index contributed by atoms with van der Waals surface area (Å²) in [6.07, 6.45) is -40.5. The van der Waals surface area contributed by atoms with Gasteiger partial charge in [0.1, 0.15) is 116 Å². The Kier molecular flexibility index (Phi) is 16.3. The third-order valence-electron chi connectivity index (χ3n) is 10.3. The molecule has 5 aliphatic rings. The molecule has 5 heterocycles. The molecule has 1 amide bonds. The van der Waals surface area contributed by atoms with Crippen molar-refractivity contribution in [1.29, 1.82) is 0 Å². The van der Waals surface area contributed by atoms with Gasteiger partial charge in [0.2, 0.25) is 5.91 Å². The van der Waals surface area contributed by atoms with Gasteiger partial charge < -0.3 is 125 Å². The van der Waals surface area contributed by atoms with Gasteiger partial charge in [-0.3, -0.25) is 4.79 Å². The summed E-state index contributed by atoms with van der Waals surface area (Å²) in [7, 11) is 0. The van der Waals surface area contributed by atoms with Gasteiger partial charge in [-0.1, -0.05) is 0 Å². The van der Waals surface area contributed by atoms with Crippen molar-refractivity contribution in [2.24, 2.45) is 0 Å². The van der Waals surface area contributed by atoms with Crippen LogP contribution in [0.3, 0.4) is 0 Å². The number of rotatable bonds is 15. The largest absolute Gasteiger partial charge is 0.394 e. The molecule has 5 fully saturated rings. The number of hydrogen-bond acceptors (Lipinski definition) is 25. The van der Waals surface area contributed by atoms with Crippen molar-refractivity contribution in [3.63, 3.8) is 0 Å². The second-order valence-electron chi connectivity index (χ2n) is 14.2. The lowest BCUT2D eigenvalue weighted by atomic mass is 9.96. The first-order valence-electron chi connectivity index (χ1n) is 18.0. The van der Waals surface area contributed by atoms with Gasteiger partial charge in [0.05, 0.1) is 33.0 Å². The molecule has 16 N–H and O–H groups in total. The highest BCUT2D eigenvalue weighted by Crippen LogP contribution is 2.36. The molecule has 5 aliphatic heterocycles. The Hall–Kier alpha value is -1.49. The summed E-state index contributed by atoms with van der Waals surface area (Å²) < 4.78 is 50.0. The van der Waals surface area contributed by atoms with Gasteiger partial charge in [-0.15, -0.1) is 0 Å². The van der Waals surface area contributed by atoms with Crippen LogP contribution in [0.4, 0.5) is 0 Å². The molecule has 0 aromatic heterocycles. The monoisotopic (exact) mass is 839 g/mol. The minimum absolute atomic E-state index is 0.703. The van der Waals surface area contributed by atoms with Crippen LogP contribution in [-0.4, -0.2) is 263 Å². The molecule has 0 aliphatic carbocycles. The van der Waals surface area contributed by atoms with Crippen LogP contribution in [-0.2, 0) is 47.4 Å². The van der Waals surface area contributed by atoms with Crippen molar-refractivity contribution in [2.75, 3.05) is 33.0 Å². The lowest BCUT2D eigenvalue weighted by molar-refractivity contribution is -0.365. The van der Waals surface area contributed by atoms with Crippen LogP contribution < -0.4 is 5.32 Å². The molecule has 0 radical (unpaired) electrons. The van der Waals surface area contributed by atoms with Gasteiger partial charge in [-0.25, -0.2) is 0 Å². The van der Waals surface area contributed by atoms with E-state index in [9.17, 15) is 81.4 Å². The normalized spacial score (nSPS) is 49.9. The predicted molar refractivity (Wildman–Crippen MR) is 172 cm³/mol. The average molecular weight is 840 g/mol. The Morgan fingerprint density at radius 2 is 0.965 bits per heavy atom. The molecule has 1 unspecified atom stereocenters. The zero-order valence-corrected chi connectivity index (χ0v) is 30.2. The molecular formula is C31H53NO25. The van der Waals surface area contributed by atoms with E-state index >= 15 is 0 Å². The molecular weight excluding hydrogens is 786 g/mol. The van der Waals surface area contributed by atoms with Crippen molar-refractivity contribution in [3.05, 3.63) is 0 Å². The first-order valence-corrected chi connectivity index (χ1v) is 18.0. The van der Waals surface area contributed by atoms with Crippen molar-refractivity contribution in [2.45, 2.75) is 154 Å². The number of nitrogens with one attached hydrogen (secondary N) is 1. The summed E-state index contributed by atoms with van der Waals surface area (Å²) >= 11 is 0. The zero-order valence-electron chi connectivity index (χ0n) is 30.2. The van der Waals surface area contributed by atoms with Crippen LogP contribution in [0.1, 0.15) is 6.92 Å². The summed E-state index contributed by atoms with van der Waals surface area (Å²) in [5.74, 6) is -0.735. The minimum Gasteiger partial charge on any atom is -0.394 e. The van der Waals surface area contributed by atoms with Crippen LogP contribution >= 0.6 is 0 Å². The Bertz CT molecular complexity index is 1270. The molecule has 26 heteroatoms. The maximum Gasteiger partial charge on any atom is 0.217 e. The number of aliphatic hydroxyl groups is 15. The number of hydrogen-bond donors (Lipinski definition) is 16. The summed E-state index contributed by atoms with van der Waals surface area (Å²) in [5, 5.41) is 158. The fraction of sp³-hybridized carbons (Fsp3) is 0.968. The summed E-state index contributed by atoms with van der Waals surface area (Å²) in [6.45, 7) is -3.30. The Labute approximate surface area is 322 Å². The van der Waals surface area contributed by atoms with Gasteiger partial charge >= 0.3 is 0 Å². The van der Waals surface area contributed by atoms with E-state index in [1.165, 1.54) is 0 Å². The lowest BCUT2D eigenvalue weighted by Crippen LogP contribution is -2.66. The third kappa shape index (κ3) is 9.70. The molecule has 0 spiro atoms. The topological polar surface area (TPSA) is 416 Å². The Balaban J connectivity index is 1.30. The maximum absolute atomic E-state index is 12.2. The highest BCUT2D eigenvalue weighted by molar-refractivity contribution is 5.73. The van der Waals surface area contributed by atoms with Gasteiger partial charge in [0.25, 0.3) is 0 Å². The quantitative estimate of drug-likeness (QED) is 0.0728. The van der Waals surface area contributed by atoms with Crippen LogP contribution in [0.25, 0.3) is 0 Å². The summed E-state index contributed by atoms with van der Waals surface area (Å²) in [6, 6.07) is -1.56. The average Bonchev–Trinajstić information content (AvgIpc) is 3.65. The second-order valence-corrected chi connectivity index (χ2v) is 14.2. The SMILES string of the molecule is CC(=O)N[C@H]1[C@H](O[C@H]2C(O)O[C@H](CO)[C@H]2O)O[C@H](CO)[C@@H](O[C@@H]2O[C@@H]([C@H](O)CO)[C@H](O[C@@H]3O[C@H](CO)[C@@H](O[C@@H]4O[C@H](CO)[C@H](O)[C@H](O)[C@H]4O)[C@H](O)[C@H]3O)[C@H]2O)[C@@H]1O. The predicted octanol–water partition coefficient (Wildman–Crippen LogP) is -11.1. The van der Waals surface area contributed by atoms with Crippen molar-refractivity contribution in [3.8, 4) is 0 Å². The maximum atomic E-state index is 12.2. The van der Waals surface area contributed by atoms with E-state index in [0.29, 0.717) is 0 Å². The fourth-order valence-electron chi connectivity index (χ4n) is 7.23. The smallest absolute Gasteiger partial charge is 0.217 e. The van der Waals surface area contributed by atoms with Crippen LogP contribution in [0.2, 0.25) is 0 Å². The van der Waals surface area contributed by atoms with Crippen molar-refractivity contribution < 1.29 is 124 Å². The molecule has 5 rings (SSSR count). The van der Waals surface area contributed by atoms with Gasteiger partial charge in [-0.05, 0) is 0 Å². The van der Waals surface area contributed by atoms with E-state index in [1.807, 2.05) is 0 Å². The first kappa shape index (κ1) is 46.6. The molecule has 5 saturated heterocycles. The Morgan fingerprint density at radius 3 is 1.49 bits per heavy atom. The molecule has 26 nitrogen and oxygen atoms in total. The summed E-state index contributed by atoms with van der Waals surface area (Å²) in [5.41, 5.74) is 0. The highest BCUT2D eigenvalue weighted by atomic mass is 16.8. The highest BCUT2D eigenvalue weighted by Gasteiger charge is 2.57. The van der Waals surface area contributed by atoms with Crippen molar-refractivity contribution in [1.82, 2.24) is 5.32 Å². The van der Waals surface area contributed by atoms with E-state index < -0.39 is 186 Å². The lowest BCUT2D eigenvalue weighted by Gasteiger charge is -2.46. The minimum atomic E-state index is -2.10. The number of carbonyl (C=O) groups excluding carboxylic acids is 1. The Morgan fingerprint density at radius 1 is 0.509 bits per heavy atom. The number of ether oxygens (including phenoxy) is 9. The van der Waals surface area contributed by atoms with Gasteiger partial charge in [-0.2, -0.15) is 0 Å².